The molecule has 0 amide bonds. The minimum absolute atomic E-state index is 1.33. The van der Waals surface area contributed by atoms with Crippen molar-refractivity contribution in [2.45, 2.75) is 47.5 Å². The van der Waals surface area contributed by atoms with Gasteiger partial charge in [-0.25, -0.2) is 0 Å². The number of unbranched alkanes of at least 4 members (excludes halogenated alkanes) is 2. The molecular formula is C8H18ClTl. The van der Waals surface area contributed by atoms with Gasteiger partial charge >= 0.3 is 77.3 Å². The zero-order chi connectivity index (χ0) is 7.82. The van der Waals surface area contributed by atoms with Crippen LogP contribution in [0, 0.1) is 0 Å². The van der Waals surface area contributed by atoms with Gasteiger partial charge < -0.3 is 0 Å². The van der Waals surface area contributed by atoms with Crippen molar-refractivity contribution < 1.29 is 0 Å². The molecule has 10 heavy (non-hydrogen) atoms. The van der Waals surface area contributed by atoms with Gasteiger partial charge in [0.15, 0.2) is 0 Å². The van der Waals surface area contributed by atoms with Crippen LogP contribution in [0.25, 0.3) is 0 Å². The Morgan fingerprint density at radius 2 is 1.40 bits per heavy atom. The first-order chi connectivity index (χ1) is 4.81. The minimum atomic E-state index is -1.49. The van der Waals surface area contributed by atoms with Gasteiger partial charge in [0.2, 0.25) is 0 Å². The molecule has 60 valence electrons. The van der Waals surface area contributed by atoms with E-state index in [4.69, 9.17) is 8.32 Å². The van der Waals surface area contributed by atoms with Gasteiger partial charge in [-0.3, -0.25) is 0 Å². The monoisotopic (exact) mass is 354 g/mol. The van der Waals surface area contributed by atoms with Crippen molar-refractivity contribution in [1.82, 2.24) is 0 Å². The number of rotatable bonds is 6. The first-order valence-corrected chi connectivity index (χ1v) is 16.3. The molecule has 0 saturated carbocycles. The van der Waals surface area contributed by atoms with Crippen LogP contribution in [0.15, 0.2) is 0 Å². The van der Waals surface area contributed by atoms with E-state index in [1.807, 2.05) is 0 Å². The van der Waals surface area contributed by atoms with Crippen LogP contribution in [0.4, 0.5) is 0 Å². The van der Waals surface area contributed by atoms with Crippen LogP contribution in [0.5, 0.6) is 0 Å². The molecular weight excluding hydrogens is 336 g/mol. The van der Waals surface area contributed by atoms with Crippen LogP contribution in [-0.4, -0.2) is 21.5 Å². The molecule has 0 aromatic heterocycles. The van der Waals surface area contributed by atoms with Gasteiger partial charge in [-0.05, 0) is 0 Å². The topological polar surface area (TPSA) is 0 Å². The fourth-order valence-corrected chi connectivity index (χ4v) is 11.4. The van der Waals surface area contributed by atoms with E-state index in [0.29, 0.717) is 0 Å². The number of hydrogen-bond acceptors (Lipinski definition) is 0. The zero-order valence-electron chi connectivity index (χ0n) is 7.20. The van der Waals surface area contributed by atoms with Gasteiger partial charge in [0, 0.05) is 0 Å². The summed E-state index contributed by atoms with van der Waals surface area (Å²) < 4.78 is 2.86. The molecule has 0 heterocycles. The van der Waals surface area contributed by atoms with Gasteiger partial charge in [-0.15, -0.1) is 0 Å². The molecule has 0 aliphatic rings. The van der Waals surface area contributed by atoms with Crippen LogP contribution >= 0.6 is 8.32 Å². The van der Waals surface area contributed by atoms with Crippen molar-refractivity contribution in [3.63, 3.8) is 0 Å². The van der Waals surface area contributed by atoms with Crippen molar-refractivity contribution in [3.8, 4) is 0 Å². The molecule has 0 radical (unpaired) electrons. The molecule has 0 aromatic rings. The second kappa shape index (κ2) is 8.31. The predicted octanol–water partition coefficient (Wildman–Crippen LogP) is 3.82. The van der Waals surface area contributed by atoms with E-state index in [1.165, 1.54) is 33.6 Å². The van der Waals surface area contributed by atoms with Crippen molar-refractivity contribution in [1.29, 1.82) is 0 Å². The van der Waals surface area contributed by atoms with Gasteiger partial charge in [-0.1, -0.05) is 0 Å². The fourth-order valence-electron chi connectivity index (χ4n) is 0.996. The number of halogens is 1. The second-order valence-corrected chi connectivity index (χ2v) is 17.4. The summed E-state index contributed by atoms with van der Waals surface area (Å²) in [6.07, 6.45) is 5.43. The Labute approximate surface area is 76.9 Å². The van der Waals surface area contributed by atoms with E-state index >= 15 is 0 Å². The van der Waals surface area contributed by atoms with Crippen LogP contribution in [-0.2, 0) is 0 Å². The molecule has 0 unspecified atom stereocenters. The number of hydrogen-bond donors (Lipinski definition) is 0. The van der Waals surface area contributed by atoms with Gasteiger partial charge in [0.1, 0.15) is 0 Å². The molecule has 0 atom stereocenters. The summed E-state index contributed by atoms with van der Waals surface area (Å²) in [5.74, 6) is 0. The summed E-state index contributed by atoms with van der Waals surface area (Å²) >= 11 is -1.49. The summed E-state index contributed by atoms with van der Waals surface area (Å²) in [6.45, 7) is 4.49. The van der Waals surface area contributed by atoms with Crippen molar-refractivity contribution >= 4 is 29.8 Å². The standard InChI is InChI=1S/2C4H9.ClH.Tl/c2*1-3-4-2;;/h2*1,3-4H2,2H3;1H;/q;;;+1/p-1. The van der Waals surface area contributed by atoms with E-state index in [-0.39, 0.29) is 0 Å². The quantitative estimate of drug-likeness (QED) is 0.637. The zero-order valence-corrected chi connectivity index (χ0v) is 12.4. The average Bonchev–Trinajstić information content (AvgIpc) is 1.97. The Hall–Kier alpha value is 1.21. The van der Waals surface area contributed by atoms with E-state index in [9.17, 15) is 0 Å². The first-order valence-electron chi connectivity index (χ1n) is 4.45. The normalized spacial score (nSPS) is 9.90. The van der Waals surface area contributed by atoms with Crippen molar-refractivity contribution in [3.05, 3.63) is 0 Å². The van der Waals surface area contributed by atoms with Crippen LogP contribution in [0.1, 0.15) is 39.5 Å². The summed E-state index contributed by atoms with van der Waals surface area (Å²) in [7, 11) is 6.26. The Morgan fingerprint density at radius 3 is 1.70 bits per heavy atom. The van der Waals surface area contributed by atoms with E-state index in [1.54, 1.807) is 0 Å². The maximum atomic E-state index is 6.26. The van der Waals surface area contributed by atoms with E-state index in [0.717, 1.165) is 0 Å². The molecule has 0 nitrogen and oxygen atoms in total. The van der Waals surface area contributed by atoms with Crippen LogP contribution < -0.4 is 0 Å². The third-order valence-corrected chi connectivity index (χ3v) is 13.6. The Kier molecular flexibility index (Phi) is 9.32. The summed E-state index contributed by atoms with van der Waals surface area (Å²) in [5, 5.41) is 0. The average molecular weight is 354 g/mol. The Balaban J connectivity index is 3.00. The molecule has 0 fully saturated rings. The first kappa shape index (κ1) is 11.2. The second-order valence-electron chi connectivity index (χ2n) is 2.88. The summed E-state index contributed by atoms with van der Waals surface area (Å²) in [5.41, 5.74) is 0. The molecule has 0 aromatic carbocycles. The van der Waals surface area contributed by atoms with Gasteiger partial charge in [-0.2, -0.15) is 0 Å². The Bertz CT molecular complexity index is 58.3. The maximum absolute atomic E-state index is 6.26. The third kappa shape index (κ3) is 7.32. The molecule has 0 spiro atoms. The molecule has 2 heteroatoms. The van der Waals surface area contributed by atoms with E-state index in [2.05, 4.69) is 13.8 Å². The van der Waals surface area contributed by atoms with Crippen LogP contribution in [0.3, 0.4) is 0 Å². The molecule has 0 aliphatic carbocycles. The van der Waals surface area contributed by atoms with Crippen molar-refractivity contribution in [2.75, 3.05) is 0 Å². The fraction of sp³-hybridized carbons (Fsp3) is 1.00. The molecule has 0 N–H and O–H groups in total. The van der Waals surface area contributed by atoms with Gasteiger partial charge in [0.05, 0.1) is 0 Å². The third-order valence-electron chi connectivity index (χ3n) is 1.74. The van der Waals surface area contributed by atoms with E-state index < -0.39 is 21.5 Å². The predicted molar refractivity (Wildman–Crippen MR) is 51.0 cm³/mol. The van der Waals surface area contributed by atoms with Crippen molar-refractivity contribution in [2.24, 2.45) is 0 Å². The summed E-state index contributed by atoms with van der Waals surface area (Å²) in [4.78, 5) is 0. The molecule has 0 aliphatic heterocycles. The SMILES string of the molecule is CCC[CH2][Tl]([Cl])[CH2]CCC. The molecule has 0 saturated heterocycles. The molecule has 0 bridgehead atoms. The van der Waals surface area contributed by atoms with Gasteiger partial charge in [0.25, 0.3) is 0 Å². The Morgan fingerprint density at radius 1 is 1.00 bits per heavy atom. The van der Waals surface area contributed by atoms with Crippen LogP contribution in [0.2, 0.25) is 7.96 Å². The summed E-state index contributed by atoms with van der Waals surface area (Å²) in [6, 6.07) is 0. The molecule has 0 rings (SSSR count).